The Balaban J connectivity index is 2.85. The Hall–Kier alpha value is -0.860. The van der Waals surface area contributed by atoms with Crippen molar-refractivity contribution >= 4 is 0 Å². The van der Waals surface area contributed by atoms with Gasteiger partial charge in [-0.1, -0.05) is 26.0 Å². The van der Waals surface area contributed by atoms with Crippen molar-refractivity contribution in [2.24, 2.45) is 5.73 Å². The van der Waals surface area contributed by atoms with Crippen LogP contribution in [0, 0.1) is 20.8 Å². The maximum atomic E-state index is 6.01. The first-order chi connectivity index (χ1) is 8.53. The number of hydrogen-bond donors (Lipinski definition) is 2. The fraction of sp³-hybridized carbons (Fsp3) is 0.647. The van der Waals surface area contributed by atoms with Crippen molar-refractivity contribution in [1.82, 2.24) is 5.32 Å². The van der Waals surface area contributed by atoms with E-state index in [1.165, 1.54) is 22.3 Å². The van der Waals surface area contributed by atoms with Gasteiger partial charge in [0.2, 0.25) is 0 Å². The Morgan fingerprint density at radius 3 is 1.95 bits per heavy atom. The smallest absolute Gasteiger partial charge is 0.0223 e. The van der Waals surface area contributed by atoms with Crippen LogP contribution < -0.4 is 11.1 Å². The molecule has 1 rings (SSSR count). The molecule has 0 saturated heterocycles. The molecule has 1 aromatic rings. The van der Waals surface area contributed by atoms with E-state index in [-0.39, 0.29) is 11.0 Å². The SMILES string of the molecule is Cc1cc(C)c(C(C)(C)CNCC(C)(C)N)cc1C. The van der Waals surface area contributed by atoms with Crippen molar-refractivity contribution in [3.8, 4) is 0 Å². The summed E-state index contributed by atoms with van der Waals surface area (Å²) in [6.45, 7) is 17.0. The van der Waals surface area contributed by atoms with Gasteiger partial charge in [0.25, 0.3) is 0 Å². The first-order valence-corrected chi connectivity index (χ1v) is 7.11. The van der Waals surface area contributed by atoms with E-state index in [4.69, 9.17) is 5.73 Å². The number of hydrogen-bond acceptors (Lipinski definition) is 2. The second kappa shape index (κ2) is 5.64. The monoisotopic (exact) mass is 262 g/mol. The molecule has 0 radical (unpaired) electrons. The predicted molar refractivity (Wildman–Crippen MR) is 84.8 cm³/mol. The summed E-state index contributed by atoms with van der Waals surface area (Å²) in [4.78, 5) is 0. The van der Waals surface area contributed by atoms with Gasteiger partial charge in [0.05, 0.1) is 0 Å². The van der Waals surface area contributed by atoms with Gasteiger partial charge in [-0.15, -0.1) is 0 Å². The third kappa shape index (κ3) is 4.63. The van der Waals surface area contributed by atoms with Crippen LogP contribution in [0.4, 0.5) is 0 Å². The van der Waals surface area contributed by atoms with E-state index >= 15 is 0 Å². The van der Waals surface area contributed by atoms with E-state index in [1.807, 2.05) is 13.8 Å². The molecule has 0 bridgehead atoms. The fourth-order valence-corrected chi connectivity index (χ4v) is 2.48. The van der Waals surface area contributed by atoms with Gasteiger partial charge >= 0.3 is 0 Å². The first-order valence-electron chi connectivity index (χ1n) is 7.11. The van der Waals surface area contributed by atoms with Gasteiger partial charge in [-0.2, -0.15) is 0 Å². The molecule has 0 saturated carbocycles. The molecule has 19 heavy (non-hydrogen) atoms. The van der Waals surface area contributed by atoms with E-state index in [1.54, 1.807) is 0 Å². The van der Waals surface area contributed by atoms with Gasteiger partial charge in [-0.3, -0.25) is 0 Å². The van der Waals surface area contributed by atoms with Crippen molar-refractivity contribution in [2.45, 2.75) is 59.4 Å². The highest BCUT2D eigenvalue weighted by Crippen LogP contribution is 2.28. The number of rotatable bonds is 5. The highest BCUT2D eigenvalue weighted by atomic mass is 14.9. The molecule has 2 nitrogen and oxygen atoms in total. The van der Waals surface area contributed by atoms with Crippen LogP contribution in [0.15, 0.2) is 12.1 Å². The Bertz CT molecular complexity index is 439. The molecule has 0 heterocycles. The summed E-state index contributed by atoms with van der Waals surface area (Å²) in [7, 11) is 0. The summed E-state index contributed by atoms with van der Waals surface area (Å²) in [5.74, 6) is 0. The van der Waals surface area contributed by atoms with Crippen LogP contribution in [-0.2, 0) is 5.41 Å². The molecule has 0 fully saturated rings. The number of nitrogens with two attached hydrogens (primary N) is 1. The second-order valence-electron chi connectivity index (χ2n) is 7.23. The van der Waals surface area contributed by atoms with Crippen LogP contribution in [0.3, 0.4) is 0 Å². The Morgan fingerprint density at radius 1 is 0.895 bits per heavy atom. The maximum Gasteiger partial charge on any atom is 0.0223 e. The minimum absolute atomic E-state index is 0.119. The van der Waals surface area contributed by atoms with E-state index in [0.717, 1.165) is 13.1 Å². The molecule has 0 aliphatic rings. The molecular weight excluding hydrogens is 232 g/mol. The lowest BCUT2D eigenvalue weighted by atomic mass is 9.80. The average Bonchev–Trinajstić information content (AvgIpc) is 2.20. The fourth-order valence-electron chi connectivity index (χ4n) is 2.48. The first kappa shape index (κ1) is 16.2. The molecule has 108 valence electrons. The Morgan fingerprint density at radius 2 is 1.42 bits per heavy atom. The summed E-state index contributed by atoms with van der Waals surface area (Å²) in [6, 6.07) is 4.62. The summed E-state index contributed by atoms with van der Waals surface area (Å²) in [5.41, 5.74) is 11.5. The second-order valence-corrected chi connectivity index (χ2v) is 7.23. The molecule has 0 spiro atoms. The zero-order chi connectivity index (χ0) is 14.8. The zero-order valence-corrected chi connectivity index (χ0v) is 13.6. The van der Waals surface area contributed by atoms with E-state index in [0.29, 0.717) is 0 Å². The van der Waals surface area contributed by atoms with Crippen molar-refractivity contribution < 1.29 is 0 Å². The normalized spacial score (nSPS) is 12.8. The standard InChI is InChI=1S/C17H30N2/c1-12-8-14(3)15(9-13(12)2)16(4,5)10-19-11-17(6,7)18/h8-9,19H,10-11,18H2,1-7H3. The molecule has 0 amide bonds. The van der Waals surface area contributed by atoms with Crippen molar-refractivity contribution in [1.29, 1.82) is 0 Å². The number of nitrogens with one attached hydrogen (secondary N) is 1. The molecule has 0 aliphatic carbocycles. The van der Waals surface area contributed by atoms with Crippen molar-refractivity contribution in [3.63, 3.8) is 0 Å². The van der Waals surface area contributed by atoms with Gasteiger partial charge in [0, 0.05) is 24.0 Å². The predicted octanol–water partition coefficient (Wildman–Crippen LogP) is 3.22. The minimum atomic E-state index is -0.158. The summed E-state index contributed by atoms with van der Waals surface area (Å²) < 4.78 is 0. The molecule has 1 aromatic carbocycles. The van der Waals surface area contributed by atoms with Crippen LogP contribution in [0.25, 0.3) is 0 Å². The highest BCUT2D eigenvalue weighted by Gasteiger charge is 2.23. The molecule has 0 atom stereocenters. The Labute approximate surface area is 118 Å². The van der Waals surface area contributed by atoms with Gasteiger partial charge in [-0.25, -0.2) is 0 Å². The van der Waals surface area contributed by atoms with Crippen molar-refractivity contribution in [2.75, 3.05) is 13.1 Å². The number of aryl methyl sites for hydroxylation is 3. The molecular formula is C17H30N2. The summed E-state index contributed by atoms with van der Waals surface area (Å²) >= 11 is 0. The number of benzene rings is 1. The molecule has 0 aliphatic heterocycles. The lowest BCUT2D eigenvalue weighted by molar-refractivity contribution is 0.410. The van der Waals surface area contributed by atoms with Crippen LogP contribution in [0.1, 0.15) is 49.9 Å². The highest BCUT2D eigenvalue weighted by molar-refractivity contribution is 5.40. The van der Waals surface area contributed by atoms with Crippen LogP contribution >= 0.6 is 0 Å². The third-order valence-electron chi connectivity index (χ3n) is 3.72. The lowest BCUT2D eigenvalue weighted by Crippen LogP contribution is -2.46. The van der Waals surface area contributed by atoms with Gasteiger partial charge < -0.3 is 11.1 Å². The Kier molecular flexibility index (Phi) is 4.81. The molecule has 0 unspecified atom stereocenters. The third-order valence-corrected chi connectivity index (χ3v) is 3.72. The molecule has 0 aromatic heterocycles. The largest absolute Gasteiger partial charge is 0.324 e. The van der Waals surface area contributed by atoms with Gasteiger partial charge in [-0.05, 0) is 56.9 Å². The zero-order valence-electron chi connectivity index (χ0n) is 13.6. The molecule has 3 N–H and O–H groups in total. The van der Waals surface area contributed by atoms with Gasteiger partial charge in [0.1, 0.15) is 0 Å². The van der Waals surface area contributed by atoms with Crippen molar-refractivity contribution in [3.05, 3.63) is 34.4 Å². The quantitative estimate of drug-likeness (QED) is 0.855. The molecule has 2 heteroatoms. The summed E-state index contributed by atoms with van der Waals surface area (Å²) in [6.07, 6.45) is 0. The van der Waals surface area contributed by atoms with Gasteiger partial charge in [0.15, 0.2) is 0 Å². The van der Waals surface area contributed by atoms with E-state index < -0.39 is 0 Å². The van der Waals surface area contributed by atoms with Crippen LogP contribution in [0.5, 0.6) is 0 Å². The summed E-state index contributed by atoms with van der Waals surface area (Å²) in [5, 5.41) is 3.50. The van der Waals surface area contributed by atoms with E-state index in [9.17, 15) is 0 Å². The minimum Gasteiger partial charge on any atom is -0.324 e. The van der Waals surface area contributed by atoms with E-state index in [2.05, 4.69) is 52.1 Å². The maximum absolute atomic E-state index is 6.01. The van der Waals surface area contributed by atoms with Crippen LogP contribution in [-0.4, -0.2) is 18.6 Å². The lowest BCUT2D eigenvalue weighted by Gasteiger charge is -2.30. The van der Waals surface area contributed by atoms with Crippen LogP contribution in [0.2, 0.25) is 0 Å². The average molecular weight is 262 g/mol. The topological polar surface area (TPSA) is 38.0 Å².